The Morgan fingerprint density at radius 3 is 2.79 bits per heavy atom. The Balaban J connectivity index is 2.80. The molecular weight excluding hydrogens is 183 g/mol. The summed E-state index contributed by atoms with van der Waals surface area (Å²) >= 11 is 0. The Morgan fingerprint density at radius 1 is 1.50 bits per heavy atom. The number of aryl methyl sites for hydroxylation is 1. The first-order valence-electron chi connectivity index (χ1n) is 4.52. The third-order valence-corrected chi connectivity index (χ3v) is 1.86. The third-order valence-electron chi connectivity index (χ3n) is 1.86. The largest absolute Gasteiger partial charge is 0.374 e. The van der Waals surface area contributed by atoms with Crippen LogP contribution in [0.4, 0.5) is 4.39 Å². The van der Waals surface area contributed by atoms with Gasteiger partial charge in [0.15, 0.2) is 5.78 Å². The van der Waals surface area contributed by atoms with Crippen molar-refractivity contribution in [1.29, 1.82) is 0 Å². The van der Waals surface area contributed by atoms with E-state index in [9.17, 15) is 9.18 Å². The molecule has 0 N–H and O–H groups in total. The van der Waals surface area contributed by atoms with Crippen LogP contribution in [0.3, 0.4) is 0 Å². The van der Waals surface area contributed by atoms with Crippen molar-refractivity contribution in [2.45, 2.75) is 13.8 Å². The number of ether oxygens (including phenoxy) is 1. The van der Waals surface area contributed by atoms with E-state index >= 15 is 0 Å². The molecule has 1 aromatic carbocycles. The highest BCUT2D eigenvalue weighted by Gasteiger charge is 2.10. The zero-order valence-electron chi connectivity index (χ0n) is 8.34. The Hall–Kier alpha value is -1.22. The second-order valence-electron chi connectivity index (χ2n) is 3.04. The lowest BCUT2D eigenvalue weighted by Gasteiger charge is -2.03. The average Bonchev–Trinajstić information content (AvgIpc) is 2.14. The predicted octanol–water partition coefficient (Wildman–Crippen LogP) is 2.35. The summed E-state index contributed by atoms with van der Waals surface area (Å²) in [6, 6.07) is 4.55. The van der Waals surface area contributed by atoms with E-state index in [0.717, 1.165) is 5.56 Å². The molecule has 14 heavy (non-hydrogen) atoms. The molecule has 0 spiro atoms. The predicted molar refractivity (Wildman–Crippen MR) is 52.0 cm³/mol. The lowest BCUT2D eigenvalue weighted by Crippen LogP contribution is -2.10. The third kappa shape index (κ3) is 2.64. The molecule has 0 aliphatic rings. The van der Waals surface area contributed by atoms with Crippen LogP contribution in [-0.2, 0) is 4.74 Å². The summed E-state index contributed by atoms with van der Waals surface area (Å²) in [7, 11) is 0. The standard InChI is InChI=1S/C11H13FO2/c1-3-14-7-11(13)9-5-4-8(2)6-10(9)12/h4-6H,3,7H2,1-2H3. The van der Waals surface area contributed by atoms with E-state index in [2.05, 4.69) is 0 Å². The number of hydrogen-bond donors (Lipinski definition) is 0. The molecule has 0 aliphatic heterocycles. The summed E-state index contributed by atoms with van der Waals surface area (Å²) in [4.78, 5) is 11.4. The van der Waals surface area contributed by atoms with Crippen molar-refractivity contribution in [3.05, 3.63) is 35.1 Å². The molecule has 0 radical (unpaired) electrons. The Bertz CT molecular complexity index is 334. The van der Waals surface area contributed by atoms with Crippen LogP contribution >= 0.6 is 0 Å². The Kier molecular flexibility index (Phi) is 3.77. The zero-order chi connectivity index (χ0) is 10.6. The monoisotopic (exact) mass is 196 g/mol. The molecule has 0 fully saturated rings. The first kappa shape index (κ1) is 10.9. The molecule has 0 heterocycles. The van der Waals surface area contributed by atoms with Crippen LogP contribution in [0.25, 0.3) is 0 Å². The van der Waals surface area contributed by atoms with Crippen molar-refractivity contribution in [3.63, 3.8) is 0 Å². The quantitative estimate of drug-likeness (QED) is 0.691. The maximum Gasteiger partial charge on any atom is 0.191 e. The molecule has 0 atom stereocenters. The fourth-order valence-electron chi connectivity index (χ4n) is 1.12. The van der Waals surface area contributed by atoms with Crippen LogP contribution in [0.5, 0.6) is 0 Å². The molecule has 1 rings (SSSR count). The number of carbonyl (C=O) groups excluding carboxylic acids is 1. The zero-order valence-corrected chi connectivity index (χ0v) is 8.34. The molecule has 76 valence electrons. The summed E-state index contributed by atoms with van der Waals surface area (Å²) in [6.07, 6.45) is 0. The number of Topliss-reactive ketones (excluding diaryl/α,β-unsaturated/α-hetero) is 1. The summed E-state index contributed by atoms with van der Waals surface area (Å²) in [5.74, 6) is -0.793. The minimum Gasteiger partial charge on any atom is -0.374 e. The van der Waals surface area contributed by atoms with E-state index in [-0.39, 0.29) is 18.0 Å². The molecule has 0 amide bonds. The van der Waals surface area contributed by atoms with Crippen LogP contribution in [-0.4, -0.2) is 19.0 Å². The van der Waals surface area contributed by atoms with Gasteiger partial charge in [0, 0.05) is 6.61 Å². The van der Waals surface area contributed by atoms with Gasteiger partial charge < -0.3 is 4.74 Å². The molecule has 0 unspecified atom stereocenters. The fourth-order valence-corrected chi connectivity index (χ4v) is 1.12. The number of rotatable bonds is 4. The van der Waals surface area contributed by atoms with Gasteiger partial charge in [-0.1, -0.05) is 6.07 Å². The van der Waals surface area contributed by atoms with Crippen LogP contribution in [0.15, 0.2) is 18.2 Å². The number of halogens is 1. The summed E-state index contributed by atoms with van der Waals surface area (Å²) in [5, 5.41) is 0. The molecule has 0 aromatic heterocycles. The highest BCUT2D eigenvalue weighted by Crippen LogP contribution is 2.10. The average molecular weight is 196 g/mol. The van der Waals surface area contributed by atoms with Crippen LogP contribution in [0.2, 0.25) is 0 Å². The van der Waals surface area contributed by atoms with Crippen LogP contribution in [0, 0.1) is 12.7 Å². The van der Waals surface area contributed by atoms with Gasteiger partial charge in [-0.15, -0.1) is 0 Å². The summed E-state index contributed by atoms with van der Waals surface area (Å²) in [6.45, 7) is 3.97. The second kappa shape index (κ2) is 4.86. The van der Waals surface area contributed by atoms with E-state index < -0.39 is 5.82 Å². The molecule has 3 heteroatoms. The molecule has 0 bridgehead atoms. The number of benzene rings is 1. The van der Waals surface area contributed by atoms with E-state index in [1.807, 2.05) is 0 Å². The first-order valence-corrected chi connectivity index (χ1v) is 4.52. The van der Waals surface area contributed by atoms with Crippen molar-refractivity contribution in [2.75, 3.05) is 13.2 Å². The van der Waals surface area contributed by atoms with E-state index in [1.54, 1.807) is 19.9 Å². The number of ketones is 1. The number of hydrogen-bond acceptors (Lipinski definition) is 2. The lowest BCUT2D eigenvalue weighted by atomic mass is 10.1. The van der Waals surface area contributed by atoms with Gasteiger partial charge in [-0.25, -0.2) is 4.39 Å². The topological polar surface area (TPSA) is 26.3 Å². The van der Waals surface area contributed by atoms with Gasteiger partial charge in [0.2, 0.25) is 0 Å². The Labute approximate surface area is 82.7 Å². The van der Waals surface area contributed by atoms with E-state index in [4.69, 9.17) is 4.74 Å². The molecule has 1 aromatic rings. The minimum absolute atomic E-state index is 0.0590. The highest BCUT2D eigenvalue weighted by molar-refractivity contribution is 5.97. The summed E-state index contributed by atoms with van der Waals surface area (Å²) in [5.41, 5.74) is 0.902. The molecule has 0 aliphatic carbocycles. The minimum atomic E-state index is -0.477. The maximum absolute atomic E-state index is 13.3. The molecule has 0 saturated heterocycles. The summed E-state index contributed by atoms with van der Waals surface area (Å²) < 4.78 is 18.2. The van der Waals surface area contributed by atoms with Gasteiger partial charge in [0.25, 0.3) is 0 Å². The maximum atomic E-state index is 13.3. The van der Waals surface area contributed by atoms with Gasteiger partial charge >= 0.3 is 0 Å². The van der Waals surface area contributed by atoms with Crippen LogP contribution in [0.1, 0.15) is 22.8 Å². The van der Waals surface area contributed by atoms with Crippen LogP contribution < -0.4 is 0 Å². The van der Waals surface area contributed by atoms with Gasteiger partial charge in [-0.05, 0) is 31.5 Å². The molecule has 2 nitrogen and oxygen atoms in total. The van der Waals surface area contributed by atoms with Crippen molar-refractivity contribution < 1.29 is 13.9 Å². The van der Waals surface area contributed by atoms with E-state index in [1.165, 1.54) is 12.1 Å². The van der Waals surface area contributed by atoms with Crippen molar-refractivity contribution >= 4 is 5.78 Å². The normalized spacial score (nSPS) is 10.2. The smallest absolute Gasteiger partial charge is 0.191 e. The van der Waals surface area contributed by atoms with E-state index in [0.29, 0.717) is 6.61 Å². The van der Waals surface area contributed by atoms with Gasteiger partial charge in [-0.2, -0.15) is 0 Å². The van der Waals surface area contributed by atoms with Crippen molar-refractivity contribution in [2.24, 2.45) is 0 Å². The van der Waals surface area contributed by atoms with Crippen molar-refractivity contribution in [3.8, 4) is 0 Å². The Morgan fingerprint density at radius 2 is 2.21 bits per heavy atom. The fraction of sp³-hybridized carbons (Fsp3) is 0.364. The lowest BCUT2D eigenvalue weighted by molar-refractivity contribution is 0.0779. The van der Waals surface area contributed by atoms with Gasteiger partial charge in [0.05, 0.1) is 5.56 Å². The first-order chi connectivity index (χ1) is 6.65. The van der Waals surface area contributed by atoms with Gasteiger partial charge in [0.1, 0.15) is 12.4 Å². The highest BCUT2D eigenvalue weighted by atomic mass is 19.1. The van der Waals surface area contributed by atoms with Crippen molar-refractivity contribution in [1.82, 2.24) is 0 Å². The molecular formula is C11H13FO2. The number of carbonyl (C=O) groups is 1. The molecule has 0 saturated carbocycles. The SMILES string of the molecule is CCOCC(=O)c1ccc(C)cc1F. The van der Waals surface area contributed by atoms with Gasteiger partial charge in [-0.3, -0.25) is 4.79 Å². The second-order valence-corrected chi connectivity index (χ2v) is 3.04.